The molecule has 2 N–H and O–H groups in total. The van der Waals surface area contributed by atoms with Gasteiger partial charge >= 0.3 is 0 Å². The molecule has 4 heteroatoms. The van der Waals surface area contributed by atoms with Crippen LogP contribution in [0.1, 0.15) is 25.7 Å². The Morgan fingerprint density at radius 3 is 2.60 bits per heavy atom. The molecule has 1 unspecified atom stereocenters. The van der Waals surface area contributed by atoms with Gasteiger partial charge in [0.1, 0.15) is 0 Å². The van der Waals surface area contributed by atoms with Crippen molar-refractivity contribution in [3.05, 3.63) is 0 Å². The summed E-state index contributed by atoms with van der Waals surface area (Å²) in [7, 11) is 0. The fraction of sp³-hybridized carbons (Fsp3) is 0.909. The molecule has 86 valence electrons. The van der Waals surface area contributed by atoms with Crippen LogP contribution >= 0.6 is 0 Å². The molecule has 2 rings (SSSR count). The highest BCUT2D eigenvalue weighted by molar-refractivity contribution is 5.76. The molecule has 0 aromatic heterocycles. The number of nitrogens with two attached hydrogens (primary N) is 1. The van der Waals surface area contributed by atoms with Gasteiger partial charge in [0, 0.05) is 12.6 Å². The molecule has 0 aromatic carbocycles. The van der Waals surface area contributed by atoms with Crippen LogP contribution in [0.3, 0.4) is 0 Å². The van der Waals surface area contributed by atoms with Crippen molar-refractivity contribution >= 4 is 5.91 Å². The van der Waals surface area contributed by atoms with Crippen LogP contribution in [0.5, 0.6) is 0 Å². The number of hydrogen-bond donors (Lipinski definition) is 1. The quantitative estimate of drug-likeness (QED) is 0.714. The fourth-order valence-corrected chi connectivity index (χ4v) is 2.77. The molecular formula is C11H21N3O. The summed E-state index contributed by atoms with van der Waals surface area (Å²) >= 11 is 0. The minimum atomic E-state index is -0.191. The molecule has 2 fully saturated rings. The minimum Gasteiger partial charge on any atom is -0.369 e. The van der Waals surface area contributed by atoms with Crippen molar-refractivity contribution in [3.8, 4) is 0 Å². The topological polar surface area (TPSA) is 49.6 Å². The Morgan fingerprint density at radius 1 is 1.20 bits per heavy atom. The van der Waals surface area contributed by atoms with Gasteiger partial charge < -0.3 is 10.6 Å². The predicted octanol–water partition coefficient (Wildman–Crippen LogP) is 0.0319. The molecule has 0 radical (unpaired) electrons. The average Bonchev–Trinajstić information content (AvgIpc) is 2.78. The van der Waals surface area contributed by atoms with Gasteiger partial charge in [0.05, 0.1) is 6.54 Å². The number of rotatable bonds is 4. The molecule has 2 heterocycles. The number of carbonyl (C=O) groups excluding carboxylic acids is 1. The predicted molar refractivity (Wildman–Crippen MR) is 59.5 cm³/mol. The van der Waals surface area contributed by atoms with Crippen LogP contribution < -0.4 is 5.73 Å². The van der Waals surface area contributed by atoms with Crippen molar-refractivity contribution in [1.29, 1.82) is 0 Å². The van der Waals surface area contributed by atoms with Crippen LogP contribution in [0, 0.1) is 0 Å². The third-order valence-corrected chi connectivity index (χ3v) is 3.53. The molecule has 4 nitrogen and oxygen atoms in total. The van der Waals surface area contributed by atoms with Crippen molar-refractivity contribution in [2.45, 2.75) is 31.7 Å². The monoisotopic (exact) mass is 211 g/mol. The Morgan fingerprint density at radius 2 is 1.93 bits per heavy atom. The van der Waals surface area contributed by atoms with E-state index in [0.717, 1.165) is 13.1 Å². The minimum absolute atomic E-state index is 0.191. The Balaban J connectivity index is 1.81. The lowest BCUT2D eigenvalue weighted by molar-refractivity contribution is -0.119. The van der Waals surface area contributed by atoms with Crippen LogP contribution in [0.2, 0.25) is 0 Å². The number of nitrogens with zero attached hydrogens (tertiary/aromatic N) is 2. The van der Waals surface area contributed by atoms with Crippen molar-refractivity contribution < 1.29 is 4.79 Å². The van der Waals surface area contributed by atoms with Crippen molar-refractivity contribution in [1.82, 2.24) is 9.80 Å². The van der Waals surface area contributed by atoms with Crippen LogP contribution in [-0.4, -0.2) is 54.5 Å². The normalized spacial score (nSPS) is 28.7. The molecule has 1 amide bonds. The second-order valence-corrected chi connectivity index (χ2v) is 4.74. The summed E-state index contributed by atoms with van der Waals surface area (Å²) in [6.07, 6.45) is 5.11. The van der Waals surface area contributed by atoms with Gasteiger partial charge in [-0.3, -0.25) is 9.69 Å². The van der Waals surface area contributed by atoms with E-state index in [4.69, 9.17) is 5.73 Å². The van der Waals surface area contributed by atoms with E-state index < -0.39 is 0 Å². The molecule has 0 aromatic rings. The van der Waals surface area contributed by atoms with E-state index >= 15 is 0 Å². The van der Waals surface area contributed by atoms with Gasteiger partial charge in [0.15, 0.2) is 0 Å². The van der Waals surface area contributed by atoms with Gasteiger partial charge in [0.25, 0.3) is 0 Å². The molecule has 0 spiro atoms. The number of hydrogen-bond acceptors (Lipinski definition) is 3. The molecule has 1 atom stereocenters. The third-order valence-electron chi connectivity index (χ3n) is 3.53. The molecule has 2 saturated heterocycles. The van der Waals surface area contributed by atoms with Crippen LogP contribution in [-0.2, 0) is 4.79 Å². The standard InChI is InChI=1S/C11H21N3O/c12-11(15)9-14-7-3-4-10(14)8-13-5-1-2-6-13/h10H,1-9H2,(H2,12,15). The van der Waals surface area contributed by atoms with E-state index in [1.165, 1.54) is 38.8 Å². The Bertz CT molecular complexity index is 226. The maximum absolute atomic E-state index is 10.9. The first-order chi connectivity index (χ1) is 7.25. The van der Waals surface area contributed by atoms with Gasteiger partial charge in [-0.05, 0) is 45.3 Å². The average molecular weight is 211 g/mol. The second-order valence-electron chi connectivity index (χ2n) is 4.74. The number of likely N-dealkylation sites (tertiary alicyclic amines) is 2. The van der Waals surface area contributed by atoms with E-state index in [-0.39, 0.29) is 5.91 Å². The van der Waals surface area contributed by atoms with Crippen LogP contribution in [0.15, 0.2) is 0 Å². The Kier molecular flexibility index (Phi) is 3.59. The highest BCUT2D eigenvalue weighted by Crippen LogP contribution is 2.19. The summed E-state index contributed by atoms with van der Waals surface area (Å²) in [4.78, 5) is 15.7. The van der Waals surface area contributed by atoms with E-state index in [2.05, 4.69) is 9.80 Å². The van der Waals surface area contributed by atoms with E-state index in [1.54, 1.807) is 0 Å². The first-order valence-electron chi connectivity index (χ1n) is 6.00. The van der Waals surface area contributed by atoms with Crippen LogP contribution in [0.25, 0.3) is 0 Å². The number of amides is 1. The van der Waals surface area contributed by atoms with E-state index in [1.807, 2.05) is 0 Å². The summed E-state index contributed by atoms with van der Waals surface area (Å²) in [6, 6.07) is 0.565. The fourth-order valence-electron chi connectivity index (χ4n) is 2.77. The third kappa shape index (κ3) is 2.92. The maximum Gasteiger partial charge on any atom is 0.231 e. The van der Waals surface area contributed by atoms with E-state index in [0.29, 0.717) is 12.6 Å². The second kappa shape index (κ2) is 4.94. The van der Waals surface area contributed by atoms with E-state index in [9.17, 15) is 4.79 Å². The van der Waals surface area contributed by atoms with Crippen molar-refractivity contribution in [2.24, 2.45) is 5.73 Å². The highest BCUT2D eigenvalue weighted by Gasteiger charge is 2.27. The zero-order valence-electron chi connectivity index (χ0n) is 9.32. The summed E-state index contributed by atoms with van der Waals surface area (Å²) in [5, 5.41) is 0. The van der Waals surface area contributed by atoms with Crippen molar-refractivity contribution in [2.75, 3.05) is 32.7 Å². The first-order valence-corrected chi connectivity index (χ1v) is 6.00. The lowest BCUT2D eigenvalue weighted by Crippen LogP contribution is -2.43. The summed E-state index contributed by atoms with van der Waals surface area (Å²) in [6.45, 7) is 5.09. The van der Waals surface area contributed by atoms with Gasteiger partial charge in [-0.2, -0.15) is 0 Å². The Labute approximate surface area is 91.4 Å². The zero-order chi connectivity index (χ0) is 10.7. The number of carbonyl (C=O) groups is 1. The van der Waals surface area contributed by atoms with Gasteiger partial charge in [-0.1, -0.05) is 0 Å². The summed E-state index contributed by atoms with van der Waals surface area (Å²) in [5.74, 6) is -0.191. The molecule has 0 saturated carbocycles. The highest BCUT2D eigenvalue weighted by atomic mass is 16.1. The summed E-state index contributed by atoms with van der Waals surface area (Å²) in [5.41, 5.74) is 5.25. The lowest BCUT2D eigenvalue weighted by atomic mass is 10.2. The first kappa shape index (κ1) is 10.9. The maximum atomic E-state index is 10.9. The van der Waals surface area contributed by atoms with Gasteiger partial charge in [-0.25, -0.2) is 0 Å². The molecule has 2 aliphatic heterocycles. The largest absolute Gasteiger partial charge is 0.369 e. The SMILES string of the molecule is NC(=O)CN1CCCC1CN1CCCC1. The van der Waals surface area contributed by atoms with Gasteiger partial charge in [0.2, 0.25) is 5.91 Å². The molecule has 0 aliphatic carbocycles. The number of primary amides is 1. The Hall–Kier alpha value is -0.610. The van der Waals surface area contributed by atoms with Crippen molar-refractivity contribution in [3.63, 3.8) is 0 Å². The summed E-state index contributed by atoms with van der Waals surface area (Å²) < 4.78 is 0. The van der Waals surface area contributed by atoms with Crippen LogP contribution in [0.4, 0.5) is 0 Å². The molecule has 2 aliphatic rings. The lowest BCUT2D eigenvalue weighted by Gasteiger charge is -2.27. The molecular weight excluding hydrogens is 190 g/mol. The smallest absolute Gasteiger partial charge is 0.231 e. The molecule has 15 heavy (non-hydrogen) atoms. The molecule has 0 bridgehead atoms. The van der Waals surface area contributed by atoms with Gasteiger partial charge in [-0.15, -0.1) is 0 Å². The zero-order valence-corrected chi connectivity index (χ0v) is 9.32.